The first-order valence-electron chi connectivity index (χ1n) is 6.87. The molecule has 106 valence electrons. The lowest BCUT2D eigenvalue weighted by Gasteiger charge is -2.37. The molecule has 4 nitrogen and oxygen atoms in total. The van der Waals surface area contributed by atoms with E-state index >= 15 is 0 Å². The number of piperidine rings is 1. The van der Waals surface area contributed by atoms with E-state index in [-0.39, 0.29) is 6.10 Å². The Morgan fingerprint density at radius 2 is 2.20 bits per heavy atom. The summed E-state index contributed by atoms with van der Waals surface area (Å²) in [5.74, 6) is 1.60. The first-order chi connectivity index (χ1) is 9.69. The van der Waals surface area contributed by atoms with Gasteiger partial charge < -0.3 is 9.64 Å². The summed E-state index contributed by atoms with van der Waals surface area (Å²) in [6.45, 7) is 4.15. The van der Waals surface area contributed by atoms with Crippen molar-refractivity contribution in [3.63, 3.8) is 0 Å². The standard InChI is InChI=1S/C15H18BrN3O/c1-10-5-6-19(8-14(10)20-2)15-12-7-11(16)3-4-13(12)17-9-18-15/h3-4,7,9-10,14H,5-6,8H2,1-2H3. The van der Waals surface area contributed by atoms with Gasteiger partial charge in [-0.1, -0.05) is 22.9 Å². The third-order valence-corrected chi connectivity index (χ3v) is 4.56. The van der Waals surface area contributed by atoms with E-state index in [9.17, 15) is 0 Å². The second kappa shape index (κ2) is 5.66. The van der Waals surface area contributed by atoms with Gasteiger partial charge in [0.05, 0.1) is 11.6 Å². The highest BCUT2D eigenvalue weighted by Gasteiger charge is 2.27. The van der Waals surface area contributed by atoms with Crippen LogP contribution in [0.5, 0.6) is 0 Å². The van der Waals surface area contributed by atoms with Crippen LogP contribution in [0.2, 0.25) is 0 Å². The monoisotopic (exact) mass is 335 g/mol. The molecule has 0 aliphatic carbocycles. The smallest absolute Gasteiger partial charge is 0.140 e. The molecule has 2 atom stereocenters. The number of fused-ring (bicyclic) bond motifs is 1. The van der Waals surface area contributed by atoms with E-state index in [0.717, 1.165) is 40.7 Å². The Kier molecular flexibility index (Phi) is 3.89. The molecular formula is C15H18BrN3O. The molecule has 0 amide bonds. The average Bonchev–Trinajstić information content (AvgIpc) is 2.47. The van der Waals surface area contributed by atoms with Gasteiger partial charge in [-0.15, -0.1) is 0 Å². The summed E-state index contributed by atoms with van der Waals surface area (Å²) < 4.78 is 6.65. The maximum Gasteiger partial charge on any atom is 0.140 e. The fourth-order valence-corrected chi connectivity index (χ4v) is 3.16. The SMILES string of the molecule is COC1CN(c2ncnc3ccc(Br)cc23)CCC1C. The van der Waals surface area contributed by atoms with Crippen LogP contribution < -0.4 is 4.90 Å². The zero-order chi connectivity index (χ0) is 14.1. The quantitative estimate of drug-likeness (QED) is 0.844. The Morgan fingerprint density at radius 3 is 3.00 bits per heavy atom. The first kappa shape index (κ1) is 13.8. The summed E-state index contributed by atoms with van der Waals surface area (Å²) in [7, 11) is 1.79. The zero-order valence-corrected chi connectivity index (χ0v) is 13.3. The van der Waals surface area contributed by atoms with Crippen LogP contribution in [0.15, 0.2) is 29.0 Å². The van der Waals surface area contributed by atoms with Crippen molar-refractivity contribution in [1.29, 1.82) is 0 Å². The van der Waals surface area contributed by atoms with Gasteiger partial charge in [0.15, 0.2) is 0 Å². The summed E-state index contributed by atoms with van der Waals surface area (Å²) in [6.07, 6.45) is 3.03. The predicted molar refractivity (Wildman–Crippen MR) is 84.0 cm³/mol. The van der Waals surface area contributed by atoms with Crippen molar-refractivity contribution in [1.82, 2.24) is 9.97 Å². The van der Waals surface area contributed by atoms with Crippen LogP contribution in [0.4, 0.5) is 5.82 Å². The number of rotatable bonds is 2. The Bertz CT molecular complexity index is 619. The van der Waals surface area contributed by atoms with Crippen molar-refractivity contribution in [2.24, 2.45) is 5.92 Å². The maximum atomic E-state index is 5.60. The molecule has 20 heavy (non-hydrogen) atoms. The van der Waals surface area contributed by atoms with Gasteiger partial charge >= 0.3 is 0 Å². The topological polar surface area (TPSA) is 38.2 Å². The average molecular weight is 336 g/mol. The largest absolute Gasteiger partial charge is 0.379 e. The van der Waals surface area contributed by atoms with Crippen molar-refractivity contribution in [3.8, 4) is 0 Å². The van der Waals surface area contributed by atoms with Crippen LogP contribution in [0.3, 0.4) is 0 Å². The number of anilines is 1. The van der Waals surface area contributed by atoms with Crippen LogP contribution >= 0.6 is 15.9 Å². The van der Waals surface area contributed by atoms with E-state index in [0.29, 0.717) is 5.92 Å². The van der Waals surface area contributed by atoms with Crippen LogP contribution in [0.25, 0.3) is 10.9 Å². The van der Waals surface area contributed by atoms with Crippen LogP contribution in [-0.4, -0.2) is 36.3 Å². The van der Waals surface area contributed by atoms with Crippen molar-refractivity contribution in [2.45, 2.75) is 19.4 Å². The lowest BCUT2D eigenvalue weighted by atomic mass is 9.95. The van der Waals surface area contributed by atoms with Crippen molar-refractivity contribution in [3.05, 3.63) is 29.0 Å². The van der Waals surface area contributed by atoms with Crippen molar-refractivity contribution < 1.29 is 4.74 Å². The van der Waals surface area contributed by atoms with Gasteiger partial charge in [-0.2, -0.15) is 0 Å². The molecule has 2 aromatic rings. The molecule has 1 aromatic heterocycles. The molecule has 5 heteroatoms. The van der Waals surface area contributed by atoms with Crippen LogP contribution in [0.1, 0.15) is 13.3 Å². The number of ether oxygens (including phenoxy) is 1. The minimum Gasteiger partial charge on any atom is -0.379 e. The van der Waals surface area contributed by atoms with Crippen LogP contribution in [-0.2, 0) is 4.74 Å². The van der Waals surface area contributed by atoms with E-state index in [4.69, 9.17) is 4.74 Å². The molecule has 0 N–H and O–H groups in total. The molecule has 1 aliphatic heterocycles. The van der Waals surface area contributed by atoms with Gasteiger partial charge in [0.25, 0.3) is 0 Å². The number of halogens is 1. The Balaban J connectivity index is 1.99. The molecule has 0 spiro atoms. The molecule has 0 radical (unpaired) electrons. The lowest BCUT2D eigenvalue weighted by Crippen LogP contribution is -2.44. The Labute approximate surface area is 127 Å². The number of hydrogen-bond donors (Lipinski definition) is 0. The summed E-state index contributed by atoms with van der Waals surface area (Å²) in [5, 5.41) is 1.09. The fraction of sp³-hybridized carbons (Fsp3) is 0.467. The third-order valence-electron chi connectivity index (χ3n) is 4.07. The van der Waals surface area contributed by atoms with Gasteiger partial charge in [0.2, 0.25) is 0 Å². The Hall–Kier alpha value is -1.20. The molecular weight excluding hydrogens is 318 g/mol. The predicted octanol–water partition coefficient (Wildman–Crippen LogP) is 3.25. The van der Waals surface area contributed by atoms with Crippen molar-refractivity contribution >= 4 is 32.7 Å². The van der Waals surface area contributed by atoms with Gasteiger partial charge in [0.1, 0.15) is 12.1 Å². The van der Waals surface area contributed by atoms with Gasteiger partial charge in [-0.3, -0.25) is 0 Å². The second-order valence-electron chi connectivity index (χ2n) is 5.34. The molecule has 0 saturated carbocycles. The van der Waals surface area contributed by atoms with Crippen LogP contribution in [0, 0.1) is 5.92 Å². The van der Waals surface area contributed by atoms with E-state index in [1.54, 1.807) is 13.4 Å². The highest BCUT2D eigenvalue weighted by atomic mass is 79.9. The van der Waals surface area contributed by atoms with E-state index in [2.05, 4.69) is 43.8 Å². The molecule has 0 bridgehead atoms. The van der Waals surface area contributed by atoms with Crippen molar-refractivity contribution in [2.75, 3.05) is 25.1 Å². The Morgan fingerprint density at radius 1 is 1.35 bits per heavy atom. The number of benzene rings is 1. The second-order valence-corrected chi connectivity index (χ2v) is 6.26. The maximum absolute atomic E-state index is 5.60. The minimum absolute atomic E-state index is 0.265. The molecule has 1 aromatic carbocycles. The normalized spacial score (nSPS) is 23.2. The summed E-state index contributed by atoms with van der Waals surface area (Å²) in [6, 6.07) is 6.12. The highest BCUT2D eigenvalue weighted by molar-refractivity contribution is 9.10. The number of hydrogen-bond acceptors (Lipinski definition) is 4. The summed E-state index contributed by atoms with van der Waals surface area (Å²) in [4.78, 5) is 11.2. The third kappa shape index (κ3) is 2.52. The molecule has 3 rings (SSSR count). The minimum atomic E-state index is 0.265. The highest BCUT2D eigenvalue weighted by Crippen LogP contribution is 2.29. The summed E-state index contributed by atoms with van der Waals surface area (Å²) in [5.41, 5.74) is 0.978. The van der Waals surface area contributed by atoms with E-state index in [1.807, 2.05) is 12.1 Å². The molecule has 1 saturated heterocycles. The zero-order valence-electron chi connectivity index (χ0n) is 11.7. The molecule has 1 aliphatic rings. The fourth-order valence-electron chi connectivity index (χ4n) is 2.80. The van der Waals surface area contributed by atoms with Gasteiger partial charge in [-0.05, 0) is 30.5 Å². The number of nitrogens with zero attached hydrogens (tertiary/aromatic N) is 3. The van der Waals surface area contributed by atoms with E-state index in [1.165, 1.54) is 0 Å². The van der Waals surface area contributed by atoms with Gasteiger partial charge in [0, 0.05) is 30.1 Å². The number of aromatic nitrogens is 2. The molecule has 2 unspecified atom stereocenters. The molecule has 1 fully saturated rings. The lowest BCUT2D eigenvalue weighted by molar-refractivity contribution is 0.0497. The van der Waals surface area contributed by atoms with E-state index < -0.39 is 0 Å². The number of methoxy groups -OCH3 is 1. The first-order valence-corrected chi connectivity index (χ1v) is 7.66. The molecule has 2 heterocycles. The summed E-state index contributed by atoms with van der Waals surface area (Å²) >= 11 is 3.53. The van der Waals surface area contributed by atoms with Gasteiger partial charge in [-0.25, -0.2) is 9.97 Å².